The average Bonchev–Trinajstić information content (AvgIpc) is 2.90. The lowest BCUT2D eigenvalue weighted by molar-refractivity contribution is -0.140. The van der Waals surface area contributed by atoms with Crippen LogP contribution < -0.4 is 14.8 Å². The highest BCUT2D eigenvalue weighted by atomic mass is 16.6. The van der Waals surface area contributed by atoms with Crippen molar-refractivity contribution in [3.63, 3.8) is 0 Å². The molecule has 1 heterocycles. The van der Waals surface area contributed by atoms with Gasteiger partial charge < -0.3 is 29.4 Å². The number of rotatable bonds is 9. The minimum Gasteiger partial charge on any atom is -0.508 e. The molecule has 2 aromatic rings. The predicted molar refractivity (Wildman–Crippen MR) is 138 cm³/mol. The van der Waals surface area contributed by atoms with Gasteiger partial charge >= 0.3 is 5.97 Å². The smallest absolute Gasteiger partial charge is 0.336 e. The first-order chi connectivity index (χ1) is 17.9. The number of esters is 1. The number of hydrogen-bond donors (Lipinski definition) is 2. The minimum absolute atomic E-state index is 0.0428. The number of carbonyl (C=O) groups is 2. The zero-order valence-corrected chi connectivity index (χ0v) is 21.6. The average molecular weight is 508 g/mol. The van der Waals surface area contributed by atoms with Crippen LogP contribution in [0.15, 0.2) is 65.0 Å². The van der Waals surface area contributed by atoms with Crippen molar-refractivity contribution >= 4 is 11.8 Å². The molecule has 0 saturated heterocycles. The van der Waals surface area contributed by atoms with Crippen LogP contribution in [-0.2, 0) is 19.1 Å². The molecule has 196 valence electrons. The Kier molecular flexibility index (Phi) is 8.18. The Morgan fingerprint density at radius 3 is 2.38 bits per heavy atom. The van der Waals surface area contributed by atoms with Gasteiger partial charge in [0.2, 0.25) is 0 Å². The summed E-state index contributed by atoms with van der Waals surface area (Å²) in [6, 6.07) is 12.3. The van der Waals surface area contributed by atoms with Gasteiger partial charge in [-0.25, -0.2) is 4.79 Å². The Morgan fingerprint density at radius 2 is 1.70 bits per heavy atom. The van der Waals surface area contributed by atoms with Gasteiger partial charge in [-0.15, -0.1) is 0 Å². The van der Waals surface area contributed by atoms with Gasteiger partial charge in [-0.3, -0.25) is 4.79 Å². The molecular formula is C29H33NO7. The Bertz CT molecular complexity index is 1230. The number of dihydropyridines is 1. The molecule has 37 heavy (non-hydrogen) atoms. The number of phenolic OH excluding ortho intramolecular Hbond substituents is 1. The maximum Gasteiger partial charge on any atom is 0.336 e. The van der Waals surface area contributed by atoms with Gasteiger partial charge in [0.05, 0.1) is 26.4 Å². The molecule has 2 aromatic carbocycles. The van der Waals surface area contributed by atoms with E-state index in [0.29, 0.717) is 48.0 Å². The van der Waals surface area contributed by atoms with Crippen LogP contribution in [0.1, 0.15) is 49.7 Å². The van der Waals surface area contributed by atoms with E-state index in [1.807, 2.05) is 32.0 Å². The first-order valence-corrected chi connectivity index (χ1v) is 12.4. The molecular weight excluding hydrogens is 474 g/mol. The standard InChI is InChI=1S/C29H33NO7/c1-5-36-12-13-37-29(33)26-17(2)30-22-14-20(19-8-11-24(34-3)25(16-19)35-4)15-23(32)28(22)27(26)18-6-9-21(31)10-7-18/h6-11,16,20,27,30-31H,5,12-15H2,1-4H3/t20-,27+/m0/s1. The highest BCUT2D eigenvalue weighted by molar-refractivity contribution is 6.04. The van der Waals surface area contributed by atoms with Crippen molar-refractivity contribution in [2.75, 3.05) is 34.0 Å². The number of carbonyl (C=O) groups excluding carboxylic acids is 2. The van der Waals surface area contributed by atoms with E-state index in [2.05, 4.69) is 5.32 Å². The largest absolute Gasteiger partial charge is 0.508 e. The maximum atomic E-state index is 13.7. The summed E-state index contributed by atoms with van der Waals surface area (Å²) in [5.74, 6) is 0.142. The van der Waals surface area contributed by atoms with E-state index < -0.39 is 11.9 Å². The molecule has 0 spiro atoms. The molecule has 0 amide bonds. The summed E-state index contributed by atoms with van der Waals surface area (Å²) in [6.45, 7) is 4.64. The Balaban J connectivity index is 1.70. The fourth-order valence-corrected chi connectivity index (χ4v) is 5.07. The van der Waals surface area contributed by atoms with E-state index >= 15 is 0 Å². The van der Waals surface area contributed by atoms with Crippen LogP contribution in [-0.4, -0.2) is 50.9 Å². The fourth-order valence-electron chi connectivity index (χ4n) is 5.07. The summed E-state index contributed by atoms with van der Waals surface area (Å²) >= 11 is 0. The Hall–Kier alpha value is -3.78. The molecule has 0 saturated carbocycles. The molecule has 0 bridgehead atoms. The van der Waals surface area contributed by atoms with Crippen molar-refractivity contribution in [1.29, 1.82) is 0 Å². The lowest BCUT2D eigenvalue weighted by atomic mass is 9.71. The van der Waals surface area contributed by atoms with Crippen molar-refractivity contribution in [2.24, 2.45) is 0 Å². The van der Waals surface area contributed by atoms with Crippen LogP contribution in [0.4, 0.5) is 0 Å². The molecule has 0 radical (unpaired) electrons. The molecule has 2 aliphatic rings. The van der Waals surface area contributed by atoms with Crippen LogP contribution in [0.3, 0.4) is 0 Å². The number of allylic oxidation sites excluding steroid dienone is 3. The number of methoxy groups -OCH3 is 2. The SMILES string of the molecule is CCOCCOC(=O)C1=C(C)NC2=C(C(=O)C[C@@H](c3ccc(OC)c(OC)c3)C2)[C@@H]1c1ccc(O)cc1. The van der Waals surface area contributed by atoms with Crippen molar-refractivity contribution in [3.8, 4) is 17.2 Å². The van der Waals surface area contributed by atoms with E-state index in [1.165, 1.54) is 0 Å². The number of nitrogens with one attached hydrogen (secondary N) is 1. The van der Waals surface area contributed by atoms with Crippen molar-refractivity contribution < 1.29 is 33.6 Å². The van der Waals surface area contributed by atoms with Crippen LogP contribution in [0.2, 0.25) is 0 Å². The molecule has 4 rings (SSSR count). The van der Waals surface area contributed by atoms with E-state index in [0.717, 1.165) is 16.8 Å². The van der Waals surface area contributed by atoms with Gasteiger partial charge in [0, 0.05) is 35.9 Å². The summed E-state index contributed by atoms with van der Waals surface area (Å²) in [6.07, 6.45) is 0.880. The molecule has 8 heteroatoms. The number of ether oxygens (including phenoxy) is 4. The maximum absolute atomic E-state index is 13.7. The van der Waals surface area contributed by atoms with Crippen LogP contribution in [0, 0.1) is 0 Å². The van der Waals surface area contributed by atoms with Gasteiger partial charge in [0.1, 0.15) is 12.4 Å². The fraction of sp³-hybridized carbons (Fsp3) is 0.379. The third-order valence-electron chi connectivity index (χ3n) is 6.82. The van der Waals surface area contributed by atoms with Gasteiger partial charge in [-0.1, -0.05) is 18.2 Å². The monoisotopic (exact) mass is 507 g/mol. The number of Topliss-reactive ketones (excluding diaryl/α,β-unsaturated/α-hetero) is 1. The molecule has 0 aromatic heterocycles. The summed E-state index contributed by atoms with van der Waals surface area (Å²) in [4.78, 5) is 27.0. The van der Waals surface area contributed by atoms with Crippen LogP contribution in [0.25, 0.3) is 0 Å². The highest BCUT2D eigenvalue weighted by Crippen LogP contribution is 2.46. The van der Waals surface area contributed by atoms with Crippen LogP contribution in [0.5, 0.6) is 17.2 Å². The molecule has 8 nitrogen and oxygen atoms in total. The summed E-state index contributed by atoms with van der Waals surface area (Å²) in [5, 5.41) is 13.2. The summed E-state index contributed by atoms with van der Waals surface area (Å²) in [7, 11) is 3.17. The summed E-state index contributed by atoms with van der Waals surface area (Å²) < 4.78 is 21.6. The number of benzene rings is 2. The second-order valence-electron chi connectivity index (χ2n) is 9.06. The second-order valence-corrected chi connectivity index (χ2v) is 9.06. The van der Waals surface area contributed by atoms with E-state index in [4.69, 9.17) is 18.9 Å². The lowest BCUT2D eigenvalue weighted by Gasteiger charge is -2.36. The molecule has 2 N–H and O–H groups in total. The third kappa shape index (κ3) is 5.49. The number of ketones is 1. The van der Waals surface area contributed by atoms with Gasteiger partial charge in [0.25, 0.3) is 0 Å². The molecule has 0 fully saturated rings. The van der Waals surface area contributed by atoms with Crippen molar-refractivity contribution in [2.45, 2.75) is 38.5 Å². The van der Waals surface area contributed by atoms with E-state index in [1.54, 1.807) is 38.5 Å². The Morgan fingerprint density at radius 1 is 1.00 bits per heavy atom. The summed E-state index contributed by atoms with van der Waals surface area (Å²) in [5.41, 5.74) is 4.09. The normalized spacial score (nSPS) is 19.3. The van der Waals surface area contributed by atoms with Crippen LogP contribution >= 0.6 is 0 Å². The molecule has 1 aliphatic heterocycles. The van der Waals surface area contributed by atoms with E-state index in [-0.39, 0.29) is 30.5 Å². The van der Waals surface area contributed by atoms with Gasteiger partial charge in [-0.05, 0) is 61.6 Å². The zero-order valence-electron chi connectivity index (χ0n) is 21.6. The first-order valence-electron chi connectivity index (χ1n) is 12.4. The minimum atomic E-state index is -0.602. The molecule has 2 atom stereocenters. The van der Waals surface area contributed by atoms with E-state index in [9.17, 15) is 14.7 Å². The number of hydrogen-bond acceptors (Lipinski definition) is 8. The lowest BCUT2D eigenvalue weighted by Crippen LogP contribution is -2.36. The third-order valence-corrected chi connectivity index (χ3v) is 6.82. The molecule has 0 unspecified atom stereocenters. The predicted octanol–water partition coefficient (Wildman–Crippen LogP) is 4.35. The van der Waals surface area contributed by atoms with Gasteiger partial charge in [-0.2, -0.15) is 0 Å². The van der Waals surface area contributed by atoms with Gasteiger partial charge in [0.15, 0.2) is 17.3 Å². The van der Waals surface area contributed by atoms with Crippen molar-refractivity contribution in [1.82, 2.24) is 5.32 Å². The number of phenols is 1. The zero-order chi connectivity index (χ0) is 26.5. The first kappa shape index (κ1) is 26.3. The molecule has 1 aliphatic carbocycles. The second kappa shape index (κ2) is 11.5. The Labute approximate surface area is 216 Å². The number of aromatic hydroxyl groups is 1. The highest BCUT2D eigenvalue weighted by Gasteiger charge is 2.41. The van der Waals surface area contributed by atoms with Crippen molar-refractivity contribution in [3.05, 3.63) is 76.1 Å². The quantitative estimate of drug-likeness (QED) is 0.381. The topological polar surface area (TPSA) is 103 Å².